The topological polar surface area (TPSA) is 62.0 Å². The molecule has 1 heterocycles. The molecule has 4 heteroatoms. The molecule has 0 aliphatic heterocycles. The molecule has 2 N–H and O–H groups in total. The zero-order valence-corrected chi connectivity index (χ0v) is 9.36. The van der Waals surface area contributed by atoms with Crippen LogP contribution < -0.4 is 10.9 Å². The van der Waals surface area contributed by atoms with Gasteiger partial charge in [-0.15, -0.1) is 0 Å². The molecule has 17 heavy (non-hydrogen) atoms. The van der Waals surface area contributed by atoms with E-state index >= 15 is 0 Å². The van der Waals surface area contributed by atoms with E-state index in [1.807, 2.05) is 31.2 Å². The molecule has 2 aromatic rings. The Morgan fingerprint density at radius 3 is 2.71 bits per heavy atom. The fourth-order valence-corrected chi connectivity index (χ4v) is 1.49. The maximum atomic E-state index is 11.9. The Morgan fingerprint density at radius 1 is 1.24 bits per heavy atom. The number of amides is 1. The van der Waals surface area contributed by atoms with Crippen LogP contribution in [0.2, 0.25) is 0 Å². The van der Waals surface area contributed by atoms with E-state index < -0.39 is 0 Å². The second-order valence-corrected chi connectivity index (χ2v) is 3.71. The van der Waals surface area contributed by atoms with Gasteiger partial charge in [0.15, 0.2) is 0 Å². The SMILES string of the molecule is Cc1ccccc1NC(=O)c1cc[nH]c(=O)c1. The zero-order chi connectivity index (χ0) is 12.3. The van der Waals surface area contributed by atoms with E-state index in [0.717, 1.165) is 11.3 Å². The van der Waals surface area contributed by atoms with Crippen LogP contribution in [0.5, 0.6) is 0 Å². The van der Waals surface area contributed by atoms with E-state index in [9.17, 15) is 9.59 Å². The van der Waals surface area contributed by atoms with Gasteiger partial charge in [-0.1, -0.05) is 18.2 Å². The number of hydrogen-bond acceptors (Lipinski definition) is 2. The average Bonchev–Trinajstić information content (AvgIpc) is 2.32. The number of carbonyl (C=O) groups excluding carboxylic acids is 1. The van der Waals surface area contributed by atoms with Crippen molar-refractivity contribution >= 4 is 11.6 Å². The predicted molar refractivity (Wildman–Crippen MR) is 66.2 cm³/mol. The number of rotatable bonds is 2. The normalized spacial score (nSPS) is 9.94. The predicted octanol–water partition coefficient (Wildman–Crippen LogP) is 1.94. The summed E-state index contributed by atoms with van der Waals surface area (Å²) in [4.78, 5) is 25.4. The largest absolute Gasteiger partial charge is 0.329 e. The lowest BCUT2D eigenvalue weighted by atomic mass is 10.2. The summed E-state index contributed by atoms with van der Waals surface area (Å²) in [6.45, 7) is 1.91. The van der Waals surface area contributed by atoms with Gasteiger partial charge in [-0.05, 0) is 24.6 Å². The number of aromatic nitrogens is 1. The standard InChI is InChI=1S/C13H12N2O2/c1-9-4-2-3-5-11(9)15-13(17)10-6-7-14-12(16)8-10/h2-8H,1H3,(H,14,16)(H,15,17). The number of carbonyl (C=O) groups is 1. The van der Waals surface area contributed by atoms with E-state index in [4.69, 9.17) is 0 Å². The number of pyridine rings is 1. The van der Waals surface area contributed by atoms with E-state index in [1.54, 1.807) is 6.07 Å². The molecule has 0 fully saturated rings. The van der Waals surface area contributed by atoms with Crippen LogP contribution in [0.25, 0.3) is 0 Å². The van der Waals surface area contributed by atoms with Crippen molar-refractivity contribution in [3.63, 3.8) is 0 Å². The summed E-state index contributed by atoms with van der Waals surface area (Å²) in [5.74, 6) is -0.287. The first-order chi connectivity index (χ1) is 8.16. The van der Waals surface area contributed by atoms with Crippen molar-refractivity contribution in [2.24, 2.45) is 0 Å². The number of nitrogens with one attached hydrogen (secondary N) is 2. The highest BCUT2D eigenvalue weighted by Gasteiger charge is 2.07. The van der Waals surface area contributed by atoms with Crippen molar-refractivity contribution in [3.05, 3.63) is 64.1 Å². The van der Waals surface area contributed by atoms with E-state index in [-0.39, 0.29) is 11.5 Å². The Morgan fingerprint density at radius 2 is 2.00 bits per heavy atom. The Kier molecular flexibility index (Phi) is 3.05. The van der Waals surface area contributed by atoms with Crippen LogP contribution in [-0.2, 0) is 0 Å². The molecular weight excluding hydrogens is 216 g/mol. The van der Waals surface area contributed by atoms with Crippen molar-refractivity contribution in [3.8, 4) is 0 Å². The molecule has 0 saturated carbocycles. The Labute approximate surface area is 98.3 Å². The zero-order valence-electron chi connectivity index (χ0n) is 9.36. The number of anilines is 1. The van der Waals surface area contributed by atoms with E-state index in [2.05, 4.69) is 10.3 Å². The van der Waals surface area contributed by atoms with Gasteiger partial charge in [-0.3, -0.25) is 9.59 Å². The van der Waals surface area contributed by atoms with Gasteiger partial charge in [0.1, 0.15) is 0 Å². The molecule has 0 aliphatic rings. The average molecular weight is 228 g/mol. The summed E-state index contributed by atoms with van der Waals surface area (Å²) in [7, 11) is 0. The first-order valence-corrected chi connectivity index (χ1v) is 5.22. The van der Waals surface area contributed by atoms with Crippen molar-refractivity contribution in [1.82, 2.24) is 4.98 Å². The molecule has 0 atom stereocenters. The van der Waals surface area contributed by atoms with Gasteiger partial charge in [0.05, 0.1) is 0 Å². The maximum absolute atomic E-state index is 11.9. The molecule has 1 aromatic carbocycles. The highest BCUT2D eigenvalue weighted by Crippen LogP contribution is 2.14. The lowest BCUT2D eigenvalue weighted by Gasteiger charge is -2.07. The van der Waals surface area contributed by atoms with E-state index in [1.165, 1.54) is 12.3 Å². The molecule has 4 nitrogen and oxygen atoms in total. The minimum atomic E-state index is -0.289. The fraction of sp³-hybridized carbons (Fsp3) is 0.0769. The second kappa shape index (κ2) is 4.65. The summed E-state index contributed by atoms with van der Waals surface area (Å²) in [5, 5.41) is 2.76. The summed E-state index contributed by atoms with van der Waals surface area (Å²) in [6.07, 6.45) is 1.45. The molecule has 0 spiro atoms. The minimum absolute atomic E-state index is 0.287. The first-order valence-electron chi connectivity index (χ1n) is 5.22. The summed E-state index contributed by atoms with van der Waals surface area (Å²) < 4.78 is 0. The minimum Gasteiger partial charge on any atom is -0.329 e. The van der Waals surface area contributed by atoms with Crippen LogP contribution in [-0.4, -0.2) is 10.9 Å². The molecule has 0 saturated heterocycles. The molecule has 0 unspecified atom stereocenters. The van der Waals surface area contributed by atoms with Crippen LogP contribution in [0.1, 0.15) is 15.9 Å². The Hall–Kier alpha value is -2.36. The molecule has 2 rings (SSSR count). The quantitative estimate of drug-likeness (QED) is 0.825. The van der Waals surface area contributed by atoms with Crippen molar-refractivity contribution in [1.29, 1.82) is 0 Å². The number of hydrogen-bond donors (Lipinski definition) is 2. The maximum Gasteiger partial charge on any atom is 0.255 e. The number of H-pyrrole nitrogens is 1. The molecule has 1 amide bonds. The second-order valence-electron chi connectivity index (χ2n) is 3.71. The Bertz CT molecular complexity index is 602. The molecule has 0 aliphatic carbocycles. The number of benzene rings is 1. The summed E-state index contributed by atoms with van der Waals surface area (Å²) in [6, 6.07) is 10.3. The van der Waals surface area contributed by atoms with Gasteiger partial charge in [-0.25, -0.2) is 0 Å². The van der Waals surface area contributed by atoms with Gasteiger partial charge in [-0.2, -0.15) is 0 Å². The molecule has 86 valence electrons. The number of aryl methyl sites for hydroxylation is 1. The third-order valence-electron chi connectivity index (χ3n) is 2.43. The summed E-state index contributed by atoms with van der Waals surface area (Å²) >= 11 is 0. The third kappa shape index (κ3) is 2.60. The molecular formula is C13H12N2O2. The molecule has 1 aromatic heterocycles. The number of para-hydroxylation sites is 1. The highest BCUT2D eigenvalue weighted by molar-refractivity contribution is 6.04. The van der Waals surface area contributed by atoms with Crippen molar-refractivity contribution < 1.29 is 4.79 Å². The highest BCUT2D eigenvalue weighted by atomic mass is 16.2. The van der Waals surface area contributed by atoms with Crippen LogP contribution in [0.4, 0.5) is 5.69 Å². The van der Waals surface area contributed by atoms with Crippen LogP contribution in [0.15, 0.2) is 47.4 Å². The summed E-state index contributed by atoms with van der Waals surface area (Å²) in [5.41, 5.74) is 1.78. The third-order valence-corrected chi connectivity index (χ3v) is 2.43. The van der Waals surface area contributed by atoms with Gasteiger partial charge >= 0.3 is 0 Å². The van der Waals surface area contributed by atoms with Crippen molar-refractivity contribution in [2.45, 2.75) is 6.92 Å². The van der Waals surface area contributed by atoms with Crippen LogP contribution in [0.3, 0.4) is 0 Å². The lowest BCUT2D eigenvalue weighted by molar-refractivity contribution is 0.102. The lowest BCUT2D eigenvalue weighted by Crippen LogP contribution is -2.16. The first kappa shape index (κ1) is 11.1. The van der Waals surface area contributed by atoms with Crippen LogP contribution in [0, 0.1) is 6.92 Å². The van der Waals surface area contributed by atoms with Gasteiger partial charge in [0.2, 0.25) is 5.56 Å². The van der Waals surface area contributed by atoms with Crippen LogP contribution >= 0.6 is 0 Å². The smallest absolute Gasteiger partial charge is 0.255 e. The van der Waals surface area contributed by atoms with E-state index in [0.29, 0.717) is 5.56 Å². The van der Waals surface area contributed by atoms with Gasteiger partial charge in [0, 0.05) is 23.5 Å². The number of aromatic amines is 1. The van der Waals surface area contributed by atoms with Gasteiger partial charge < -0.3 is 10.3 Å². The van der Waals surface area contributed by atoms with Crippen molar-refractivity contribution in [2.75, 3.05) is 5.32 Å². The Balaban J connectivity index is 2.23. The molecule has 0 radical (unpaired) electrons. The molecule has 0 bridgehead atoms. The fourth-order valence-electron chi connectivity index (χ4n) is 1.49. The monoisotopic (exact) mass is 228 g/mol. The van der Waals surface area contributed by atoms with Gasteiger partial charge in [0.25, 0.3) is 5.91 Å².